The highest BCUT2D eigenvalue weighted by molar-refractivity contribution is 6.13. The fraction of sp³-hybridized carbons (Fsp3) is 0.410. The Morgan fingerprint density at radius 1 is 0.829 bits per heavy atom. The van der Waals surface area contributed by atoms with Crippen molar-refractivity contribution < 1.29 is 10.4 Å². The number of fused-ring (bicyclic) bond motifs is 4. The van der Waals surface area contributed by atoms with Crippen molar-refractivity contribution in [1.29, 1.82) is 0 Å². The number of aryl methyl sites for hydroxylation is 2. The maximum Gasteiger partial charge on any atom is 0.216 e. The molecule has 210 valence electrons. The maximum absolute atomic E-state index is 9.78. The third kappa shape index (κ3) is 3.52. The lowest BCUT2D eigenvalue weighted by Crippen LogP contribution is -2.42. The molecule has 2 nitrogen and oxygen atoms in total. The Bertz CT molecular complexity index is 1900. The molecule has 2 aromatic heterocycles. The van der Waals surface area contributed by atoms with E-state index in [0.29, 0.717) is 0 Å². The Morgan fingerprint density at radius 2 is 1.56 bits per heavy atom. The quantitative estimate of drug-likeness (QED) is 0.207. The number of rotatable bonds is 3. The van der Waals surface area contributed by atoms with Crippen molar-refractivity contribution in [3.05, 3.63) is 89.1 Å². The van der Waals surface area contributed by atoms with Crippen molar-refractivity contribution in [2.45, 2.75) is 90.9 Å². The fourth-order valence-electron chi connectivity index (χ4n) is 8.03. The van der Waals surface area contributed by atoms with Gasteiger partial charge in [-0.05, 0) is 75.8 Å². The van der Waals surface area contributed by atoms with Gasteiger partial charge in [-0.25, -0.2) is 4.57 Å². The van der Waals surface area contributed by atoms with Crippen molar-refractivity contribution in [2.75, 3.05) is 0 Å². The first-order valence-electron chi connectivity index (χ1n) is 15.9. The molecule has 2 aliphatic carbocycles. The van der Waals surface area contributed by atoms with Crippen LogP contribution in [-0.4, -0.2) is 0 Å². The average Bonchev–Trinajstić information content (AvgIpc) is 3.59. The second-order valence-electron chi connectivity index (χ2n) is 14.2. The van der Waals surface area contributed by atoms with Gasteiger partial charge in [0, 0.05) is 29.8 Å². The van der Waals surface area contributed by atoms with Crippen LogP contribution < -0.4 is 4.57 Å². The van der Waals surface area contributed by atoms with Crippen LogP contribution in [0.3, 0.4) is 0 Å². The summed E-state index contributed by atoms with van der Waals surface area (Å²) in [6.07, 6.45) is 6.23. The molecule has 1 fully saturated rings. The number of furan rings is 1. The molecule has 7 rings (SSSR count). The third-order valence-electron chi connectivity index (χ3n) is 11.6. The molecule has 1 saturated carbocycles. The van der Waals surface area contributed by atoms with E-state index < -0.39 is 5.89 Å². The first-order valence-corrected chi connectivity index (χ1v) is 15.4. The number of benzene rings is 3. The first kappa shape index (κ1) is 25.3. The lowest BCUT2D eigenvalue weighted by Gasteiger charge is -2.45. The summed E-state index contributed by atoms with van der Waals surface area (Å²) < 4.78 is 18.9. The van der Waals surface area contributed by atoms with Gasteiger partial charge in [0.05, 0.1) is 5.56 Å². The molecule has 0 radical (unpaired) electrons. The minimum absolute atomic E-state index is 0.0354. The molecule has 0 atom stereocenters. The summed E-state index contributed by atoms with van der Waals surface area (Å²) in [4.78, 5) is 0. The topological polar surface area (TPSA) is 17.0 Å². The van der Waals surface area contributed by atoms with E-state index in [2.05, 4.69) is 127 Å². The molecule has 0 bridgehead atoms. The van der Waals surface area contributed by atoms with Crippen LogP contribution in [0.1, 0.15) is 96.7 Å². The van der Waals surface area contributed by atoms with E-state index >= 15 is 0 Å². The summed E-state index contributed by atoms with van der Waals surface area (Å²) in [6.45, 7) is 16.7. The van der Waals surface area contributed by atoms with E-state index in [0.717, 1.165) is 64.4 Å². The molecule has 2 aliphatic rings. The summed E-state index contributed by atoms with van der Waals surface area (Å²) in [7, 11) is 2.10. The van der Waals surface area contributed by atoms with Gasteiger partial charge < -0.3 is 4.42 Å². The molecule has 3 aromatic carbocycles. The zero-order valence-corrected chi connectivity index (χ0v) is 26.0. The van der Waals surface area contributed by atoms with Gasteiger partial charge >= 0.3 is 0 Å². The molecule has 2 heterocycles. The Kier molecular flexibility index (Phi) is 5.44. The standard InChI is InChI=1S/C39H44NO/c1-24-19-20-29-28-17-13-16-27(35(28)41-36(29)33(24)32-18-11-12-21-40(32)8)26-22-30(25-14-9-10-15-25)34-31(23-26)37(2,3)39(6,7)38(34,4)5/h11-13,16-23,25H,9-10,14-15H2,1-8H3/q+1/i25D. The zero-order valence-electron chi connectivity index (χ0n) is 27.0. The van der Waals surface area contributed by atoms with Crippen molar-refractivity contribution >= 4 is 21.9 Å². The molecule has 2 heteroatoms. The summed E-state index contributed by atoms with van der Waals surface area (Å²) in [5.74, 6) is -0.540. The number of nitrogens with zero attached hydrogens (tertiary/aromatic N) is 1. The average molecular weight is 544 g/mol. The smallest absolute Gasteiger partial charge is 0.216 e. The number of hydrogen-bond donors (Lipinski definition) is 0. The molecule has 5 aromatic rings. The molecular formula is C39H44NO+. The van der Waals surface area contributed by atoms with Crippen LogP contribution in [0.15, 0.2) is 71.3 Å². The Labute approximate surface area is 246 Å². The maximum atomic E-state index is 9.78. The predicted octanol–water partition coefficient (Wildman–Crippen LogP) is 10.3. The predicted molar refractivity (Wildman–Crippen MR) is 172 cm³/mol. The van der Waals surface area contributed by atoms with E-state index in [1.807, 2.05) is 0 Å². The number of hydrogen-bond acceptors (Lipinski definition) is 1. The minimum Gasteiger partial charge on any atom is -0.454 e. The second-order valence-corrected chi connectivity index (χ2v) is 14.2. The van der Waals surface area contributed by atoms with E-state index in [-0.39, 0.29) is 16.2 Å². The molecule has 0 amide bonds. The van der Waals surface area contributed by atoms with Gasteiger partial charge in [-0.15, -0.1) is 0 Å². The number of pyridine rings is 1. The van der Waals surface area contributed by atoms with Crippen LogP contribution >= 0.6 is 0 Å². The molecule has 0 saturated heterocycles. The summed E-state index contributed by atoms with van der Waals surface area (Å²) in [5.41, 5.74) is 11.7. The lowest BCUT2D eigenvalue weighted by atomic mass is 9.59. The Hall–Kier alpha value is -3.39. The Morgan fingerprint density at radius 3 is 2.29 bits per heavy atom. The molecule has 0 N–H and O–H groups in total. The van der Waals surface area contributed by atoms with Crippen molar-refractivity contribution in [2.24, 2.45) is 12.5 Å². The van der Waals surface area contributed by atoms with Gasteiger partial charge in [0.15, 0.2) is 6.20 Å². The monoisotopic (exact) mass is 543 g/mol. The first-order chi connectivity index (χ1) is 19.8. The van der Waals surface area contributed by atoms with Gasteiger partial charge in [0.25, 0.3) is 0 Å². The zero-order chi connectivity index (χ0) is 29.8. The van der Waals surface area contributed by atoms with E-state index in [4.69, 9.17) is 4.42 Å². The highest BCUT2D eigenvalue weighted by atomic mass is 16.3. The normalized spacial score (nSPS) is 20.4. The van der Waals surface area contributed by atoms with Crippen molar-refractivity contribution in [1.82, 2.24) is 0 Å². The van der Waals surface area contributed by atoms with Crippen LogP contribution in [0.5, 0.6) is 0 Å². The molecule has 41 heavy (non-hydrogen) atoms. The highest BCUT2D eigenvalue weighted by Gasteiger charge is 2.58. The SMILES string of the molecule is [2H]C1(c2cc(-c3cccc4c3oc3c(-c5cccc[n+]5C)c(C)ccc34)cc3c2C(C)(C)C(C)(C)C3(C)C)CCCC1. The van der Waals surface area contributed by atoms with Gasteiger partial charge in [-0.3, -0.25) is 0 Å². The van der Waals surface area contributed by atoms with Crippen LogP contribution in [0.2, 0.25) is 0 Å². The van der Waals surface area contributed by atoms with Gasteiger partial charge in [-0.1, -0.05) is 96.8 Å². The molecule has 0 unspecified atom stereocenters. The summed E-state index contributed by atoms with van der Waals surface area (Å²) in [5, 5.41) is 2.29. The van der Waals surface area contributed by atoms with Crippen LogP contribution in [0.4, 0.5) is 0 Å². The van der Waals surface area contributed by atoms with Gasteiger partial charge in [-0.2, -0.15) is 0 Å². The second kappa shape index (κ2) is 8.81. The van der Waals surface area contributed by atoms with E-state index in [9.17, 15) is 1.37 Å². The van der Waals surface area contributed by atoms with Crippen LogP contribution in [0, 0.1) is 12.3 Å². The summed E-state index contributed by atoms with van der Waals surface area (Å²) >= 11 is 0. The molecular weight excluding hydrogens is 498 g/mol. The third-order valence-corrected chi connectivity index (χ3v) is 11.6. The van der Waals surface area contributed by atoms with E-state index in [1.165, 1.54) is 27.8 Å². The van der Waals surface area contributed by atoms with Crippen LogP contribution in [0.25, 0.3) is 44.3 Å². The highest BCUT2D eigenvalue weighted by Crippen LogP contribution is 2.64. The molecule has 0 spiro atoms. The fourth-order valence-corrected chi connectivity index (χ4v) is 8.03. The summed E-state index contributed by atoms with van der Waals surface area (Å²) in [6, 6.07) is 22.2. The number of aromatic nitrogens is 1. The van der Waals surface area contributed by atoms with E-state index in [1.54, 1.807) is 0 Å². The van der Waals surface area contributed by atoms with Gasteiger partial charge in [0.1, 0.15) is 18.2 Å². The Balaban J connectivity index is 1.54. The van der Waals surface area contributed by atoms with Crippen molar-refractivity contribution in [3.63, 3.8) is 0 Å². The van der Waals surface area contributed by atoms with Crippen molar-refractivity contribution in [3.8, 4) is 22.4 Å². The van der Waals surface area contributed by atoms with Crippen LogP contribution in [-0.2, 0) is 17.9 Å². The molecule has 0 aliphatic heterocycles. The number of para-hydroxylation sites is 1. The largest absolute Gasteiger partial charge is 0.454 e. The lowest BCUT2D eigenvalue weighted by molar-refractivity contribution is -0.660. The van der Waals surface area contributed by atoms with Gasteiger partial charge in [0.2, 0.25) is 5.69 Å². The minimum atomic E-state index is -0.540.